The van der Waals surface area contributed by atoms with Gasteiger partial charge in [-0.15, -0.1) is 0 Å². The molecule has 2 aromatic rings. The van der Waals surface area contributed by atoms with E-state index >= 15 is 0 Å². The molecular formula is C22H32ClN3. The summed E-state index contributed by atoms with van der Waals surface area (Å²) in [5.41, 5.74) is 4.83. The Hall–Kier alpha value is -1.58. The molecule has 0 saturated heterocycles. The van der Waals surface area contributed by atoms with Crippen molar-refractivity contribution in [3.05, 3.63) is 52.2 Å². The van der Waals surface area contributed by atoms with E-state index in [1.165, 1.54) is 24.0 Å². The van der Waals surface area contributed by atoms with E-state index in [9.17, 15) is 0 Å². The number of halogens is 1. The summed E-state index contributed by atoms with van der Waals surface area (Å²) in [6, 6.07) is 8.13. The Bertz CT molecular complexity index is 709. The minimum Gasteiger partial charge on any atom is -0.340 e. The van der Waals surface area contributed by atoms with E-state index in [1.54, 1.807) is 0 Å². The Morgan fingerprint density at radius 1 is 1.23 bits per heavy atom. The Labute approximate surface area is 163 Å². The first kappa shape index (κ1) is 20.7. The summed E-state index contributed by atoms with van der Waals surface area (Å²) in [6.45, 7) is 12.4. The van der Waals surface area contributed by atoms with Crippen molar-refractivity contribution in [3.63, 3.8) is 0 Å². The van der Waals surface area contributed by atoms with Gasteiger partial charge in [0.05, 0.1) is 0 Å². The molecule has 0 unspecified atom stereocenters. The van der Waals surface area contributed by atoms with Gasteiger partial charge in [-0.2, -0.15) is 0 Å². The van der Waals surface area contributed by atoms with Gasteiger partial charge in [-0.3, -0.25) is 0 Å². The lowest BCUT2D eigenvalue weighted by Crippen LogP contribution is -2.20. The fraction of sp³-hybridized carbons (Fsp3) is 0.500. The van der Waals surface area contributed by atoms with Crippen LogP contribution in [0, 0.1) is 12.8 Å². The zero-order valence-corrected chi connectivity index (χ0v) is 17.5. The molecule has 1 fully saturated rings. The van der Waals surface area contributed by atoms with Crippen LogP contribution in [0.15, 0.2) is 30.5 Å². The highest BCUT2D eigenvalue weighted by molar-refractivity contribution is 6.31. The molecule has 1 aromatic carbocycles. The molecule has 1 aliphatic rings. The molecular weight excluding hydrogens is 342 g/mol. The number of benzene rings is 1. The maximum absolute atomic E-state index is 6.21. The van der Waals surface area contributed by atoms with Gasteiger partial charge in [0, 0.05) is 23.5 Å². The van der Waals surface area contributed by atoms with Gasteiger partial charge in [0.2, 0.25) is 0 Å². The smallest absolute Gasteiger partial charge is 0.130 e. The van der Waals surface area contributed by atoms with Crippen LogP contribution in [0.2, 0.25) is 5.02 Å². The lowest BCUT2D eigenvalue weighted by molar-refractivity contribution is 0.550. The largest absolute Gasteiger partial charge is 0.340 e. The molecule has 3 rings (SSSR count). The lowest BCUT2D eigenvalue weighted by atomic mass is 10.1. The maximum Gasteiger partial charge on any atom is 0.130 e. The average molecular weight is 374 g/mol. The van der Waals surface area contributed by atoms with Crippen LogP contribution in [-0.2, 0) is 6.54 Å². The van der Waals surface area contributed by atoms with Crippen LogP contribution in [-0.4, -0.2) is 11.5 Å². The highest BCUT2D eigenvalue weighted by Crippen LogP contribution is 2.42. The first-order chi connectivity index (χ1) is 12.5. The second-order valence-electron chi connectivity index (χ2n) is 7.10. The Morgan fingerprint density at radius 3 is 2.62 bits per heavy atom. The van der Waals surface area contributed by atoms with E-state index in [4.69, 9.17) is 11.6 Å². The molecule has 0 bridgehead atoms. The lowest BCUT2D eigenvalue weighted by Gasteiger charge is -2.15. The Kier molecular flexibility index (Phi) is 7.92. The maximum atomic E-state index is 6.21. The van der Waals surface area contributed by atoms with Crippen molar-refractivity contribution in [2.45, 2.75) is 59.9 Å². The van der Waals surface area contributed by atoms with Crippen LogP contribution < -0.4 is 10.6 Å². The molecule has 0 spiro atoms. The zero-order valence-electron chi connectivity index (χ0n) is 16.7. The summed E-state index contributed by atoms with van der Waals surface area (Å²) in [5, 5.41) is 7.73. The minimum atomic E-state index is 0.661. The number of anilines is 2. The molecule has 1 saturated carbocycles. The third-order valence-electron chi connectivity index (χ3n) is 4.44. The van der Waals surface area contributed by atoms with Crippen molar-refractivity contribution in [2.24, 2.45) is 5.92 Å². The molecule has 142 valence electrons. The molecule has 3 nitrogen and oxygen atoms in total. The summed E-state index contributed by atoms with van der Waals surface area (Å²) in [7, 11) is 0. The van der Waals surface area contributed by atoms with E-state index in [0.717, 1.165) is 35.2 Å². The van der Waals surface area contributed by atoms with Gasteiger partial charge in [0.25, 0.3) is 0 Å². The first-order valence-corrected chi connectivity index (χ1v) is 10.1. The standard InChI is InChI=1S/C20H26ClN3.C2H6/c1-13(2)10-22-11-16-12-23-20(9-17(16)15-7-8-15)24-19-6-4-5-18(21)14(19)3;1-2/h4-6,9,12-13,15,22H,7-8,10-11H2,1-3H3,(H,23,24);1-2H3. The predicted molar refractivity (Wildman–Crippen MR) is 114 cm³/mol. The van der Waals surface area contributed by atoms with E-state index in [2.05, 4.69) is 35.5 Å². The number of pyridine rings is 1. The molecule has 0 radical (unpaired) electrons. The Morgan fingerprint density at radius 2 is 1.96 bits per heavy atom. The molecule has 1 heterocycles. The van der Waals surface area contributed by atoms with Crippen LogP contribution >= 0.6 is 11.6 Å². The van der Waals surface area contributed by atoms with Crippen LogP contribution in [0.25, 0.3) is 0 Å². The molecule has 0 amide bonds. The number of aromatic nitrogens is 1. The van der Waals surface area contributed by atoms with Crippen LogP contribution in [0.5, 0.6) is 0 Å². The molecule has 4 heteroatoms. The van der Waals surface area contributed by atoms with Crippen LogP contribution in [0.4, 0.5) is 11.5 Å². The number of nitrogens with zero attached hydrogens (tertiary/aromatic N) is 1. The molecule has 1 aromatic heterocycles. The highest BCUT2D eigenvalue weighted by atomic mass is 35.5. The van der Waals surface area contributed by atoms with Crippen molar-refractivity contribution in [1.82, 2.24) is 10.3 Å². The van der Waals surface area contributed by atoms with Crippen molar-refractivity contribution < 1.29 is 0 Å². The number of hydrogen-bond acceptors (Lipinski definition) is 3. The van der Waals surface area contributed by atoms with E-state index in [-0.39, 0.29) is 0 Å². The van der Waals surface area contributed by atoms with Gasteiger partial charge in [0.15, 0.2) is 0 Å². The fourth-order valence-electron chi connectivity index (χ4n) is 2.87. The second kappa shape index (κ2) is 9.94. The minimum absolute atomic E-state index is 0.661. The normalized spacial score (nSPS) is 13.3. The third kappa shape index (κ3) is 5.72. The number of nitrogens with one attached hydrogen (secondary N) is 2. The van der Waals surface area contributed by atoms with Gasteiger partial charge in [-0.1, -0.05) is 45.4 Å². The summed E-state index contributed by atoms with van der Waals surface area (Å²) >= 11 is 6.21. The van der Waals surface area contributed by atoms with E-state index in [1.807, 2.05) is 45.2 Å². The molecule has 0 atom stereocenters. The van der Waals surface area contributed by atoms with Crippen molar-refractivity contribution >= 4 is 23.1 Å². The SMILES string of the molecule is CC.Cc1c(Cl)cccc1Nc1cc(C2CC2)c(CNCC(C)C)cn1. The van der Waals surface area contributed by atoms with Gasteiger partial charge < -0.3 is 10.6 Å². The number of hydrogen-bond donors (Lipinski definition) is 2. The first-order valence-electron chi connectivity index (χ1n) is 9.76. The molecule has 2 N–H and O–H groups in total. The van der Waals surface area contributed by atoms with E-state index in [0.29, 0.717) is 11.8 Å². The van der Waals surface area contributed by atoms with Crippen LogP contribution in [0.3, 0.4) is 0 Å². The quantitative estimate of drug-likeness (QED) is 0.586. The van der Waals surface area contributed by atoms with Crippen LogP contribution in [0.1, 0.15) is 63.1 Å². The monoisotopic (exact) mass is 373 g/mol. The second-order valence-corrected chi connectivity index (χ2v) is 7.51. The summed E-state index contributed by atoms with van der Waals surface area (Å²) < 4.78 is 0. The topological polar surface area (TPSA) is 37.0 Å². The third-order valence-corrected chi connectivity index (χ3v) is 4.85. The molecule has 0 aliphatic heterocycles. The zero-order chi connectivity index (χ0) is 19.1. The van der Waals surface area contributed by atoms with Gasteiger partial charge in [-0.25, -0.2) is 4.98 Å². The summed E-state index contributed by atoms with van der Waals surface area (Å²) in [4.78, 5) is 4.62. The molecule has 26 heavy (non-hydrogen) atoms. The number of rotatable bonds is 7. The van der Waals surface area contributed by atoms with Gasteiger partial charge in [-0.05, 0) is 73.0 Å². The summed E-state index contributed by atoms with van der Waals surface area (Å²) in [5.74, 6) is 2.26. The van der Waals surface area contributed by atoms with Crippen molar-refractivity contribution in [2.75, 3.05) is 11.9 Å². The predicted octanol–water partition coefficient (Wildman–Crippen LogP) is 6.44. The molecule has 1 aliphatic carbocycles. The summed E-state index contributed by atoms with van der Waals surface area (Å²) in [6.07, 6.45) is 4.59. The van der Waals surface area contributed by atoms with Gasteiger partial charge in [0.1, 0.15) is 5.82 Å². The van der Waals surface area contributed by atoms with Crippen molar-refractivity contribution in [1.29, 1.82) is 0 Å². The van der Waals surface area contributed by atoms with E-state index < -0.39 is 0 Å². The average Bonchev–Trinajstić information content (AvgIpc) is 3.46. The van der Waals surface area contributed by atoms with Crippen molar-refractivity contribution in [3.8, 4) is 0 Å². The fourth-order valence-corrected chi connectivity index (χ4v) is 3.04. The highest BCUT2D eigenvalue weighted by Gasteiger charge is 2.26. The van der Waals surface area contributed by atoms with Gasteiger partial charge >= 0.3 is 0 Å². The Balaban J connectivity index is 0.00000117.